The molecule has 0 saturated heterocycles. The van der Waals surface area contributed by atoms with Gasteiger partial charge in [0.2, 0.25) is 5.91 Å². The normalized spacial score (nSPS) is 15.1. The Labute approximate surface area is 244 Å². The van der Waals surface area contributed by atoms with Gasteiger partial charge in [-0.15, -0.1) is 0 Å². The molecule has 16 heteroatoms. The maximum atomic E-state index is 13.8. The zero-order chi connectivity index (χ0) is 34.2. The number of carbonyl (C=O) groups excluding carboxylic acids is 1. The largest absolute Gasteiger partial charge is 0.416 e. The lowest BCUT2D eigenvalue weighted by Gasteiger charge is -2.40. The molecule has 1 amide bonds. The molecule has 4 N–H and O–H groups in total. The van der Waals surface area contributed by atoms with Gasteiger partial charge in [-0.25, -0.2) is 0 Å². The summed E-state index contributed by atoms with van der Waals surface area (Å²) in [6, 6.07) is -4.16. The van der Waals surface area contributed by atoms with Crippen LogP contribution < -0.4 is 11.1 Å². The predicted molar refractivity (Wildman–Crippen MR) is 135 cm³/mol. The number of aliphatic hydroxyl groups is 1. The predicted octanol–water partition coefficient (Wildman–Crippen LogP) is 7.90. The number of hydrogen-bond acceptors (Lipinski definition) is 3. The third kappa shape index (κ3) is 9.02. The third-order valence-corrected chi connectivity index (χ3v) is 6.65. The van der Waals surface area contributed by atoms with E-state index in [-0.39, 0.29) is 48.7 Å². The highest BCUT2D eigenvalue weighted by molar-refractivity contribution is 5.82. The van der Waals surface area contributed by atoms with Crippen LogP contribution in [0.5, 0.6) is 0 Å². The van der Waals surface area contributed by atoms with Crippen LogP contribution in [0, 0.1) is 11.8 Å². The van der Waals surface area contributed by atoms with Crippen molar-refractivity contribution < 1.29 is 62.6 Å². The van der Waals surface area contributed by atoms with Crippen LogP contribution in [-0.2, 0) is 35.1 Å². The minimum absolute atomic E-state index is 0.0117. The van der Waals surface area contributed by atoms with Crippen LogP contribution >= 0.6 is 0 Å². The molecule has 44 heavy (non-hydrogen) atoms. The second-order valence-electron chi connectivity index (χ2n) is 11.3. The van der Waals surface area contributed by atoms with E-state index in [2.05, 4.69) is 5.32 Å². The van der Waals surface area contributed by atoms with Gasteiger partial charge in [-0.3, -0.25) is 4.79 Å². The van der Waals surface area contributed by atoms with Crippen LogP contribution in [0.25, 0.3) is 0 Å². The molecule has 0 saturated carbocycles. The first-order valence-electron chi connectivity index (χ1n) is 13.1. The Hall–Kier alpha value is -3.01. The standard InChI is InChI=1S/C28H30F12N2O2/c1-13(2)5-21(41)23(43)42-22(6-14(3)4)24(44,15-7-17(25(29,30)31)11-18(8-15)26(32,33)34)16-9-19(27(35,36)37)12-20(10-16)28(38,39)40/h7-14,21-22,44H,5-6,41H2,1-4H3,(H,42,43)/t21-,22-/m0/s1. The van der Waals surface area contributed by atoms with Crippen molar-refractivity contribution in [1.29, 1.82) is 0 Å². The Morgan fingerprint density at radius 3 is 1.14 bits per heavy atom. The van der Waals surface area contributed by atoms with Crippen molar-refractivity contribution in [3.63, 3.8) is 0 Å². The number of carbonyl (C=O) groups is 1. The smallest absolute Gasteiger partial charge is 0.378 e. The Morgan fingerprint density at radius 2 is 0.886 bits per heavy atom. The molecule has 0 heterocycles. The molecule has 0 aliphatic rings. The van der Waals surface area contributed by atoms with E-state index in [1.165, 1.54) is 13.8 Å². The van der Waals surface area contributed by atoms with Gasteiger partial charge in [0.25, 0.3) is 0 Å². The van der Waals surface area contributed by atoms with E-state index < -0.39 is 94.0 Å². The maximum absolute atomic E-state index is 13.8. The van der Waals surface area contributed by atoms with Crippen molar-refractivity contribution in [2.24, 2.45) is 17.6 Å². The first kappa shape index (κ1) is 37.2. The molecule has 0 aliphatic carbocycles. The van der Waals surface area contributed by atoms with Gasteiger partial charge in [-0.05, 0) is 72.2 Å². The Morgan fingerprint density at radius 1 is 0.614 bits per heavy atom. The third-order valence-electron chi connectivity index (χ3n) is 6.65. The molecule has 0 fully saturated rings. The topological polar surface area (TPSA) is 75.4 Å². The molecular formula is C28H30F12N2O2. The Kier molecular flexibility index (Phi) is 10.8. The molecule has 2 rings (SSSR count). The van der Waals surface area contributed by atoms with Gasteiger partial charge in [0, 0.05) is 0 Å². The minimum Gasteiger partial charge on any atom is -0.378 e. The van der Waals surface area contributed by atoms with E-state index in [4.69, 9.17) is 5.73 Å². The molecule has 0 aromatic heterocycles. The average Bonchev–Trinajstić information content (AvgIpc) is 2.84. The lowest BCUT2D eigenvalue weighted by Crippen LogP contribution is -2.55. The highest BCUT2D eigenvalue weighted by atomic mass is 19.4. The van der Waals surface area contributed by atoms with Crippen LogP contribution in [0.1, 0.15) is 73.9 Å². The summed E-state index contributed by atoms with van der Waals surface area (Å²) in [5, 5.41) is 14.3. The maximum Gasteiger partial charge on any atom is 0.416 e. The highest BCUT2D eigenvalue weighted by Gasteiger charge is 2.48. The summed E-state index contributed by atoms with van der Waals surface area (Å²) in [6.45, 7) is 6.15. The number of nitrogens with one attached hydrogen (secondary N) is 1. The van der Waals surface area contributed by atoms with E-state index in [0.717, 1.165) is 0 Å². The van der Waals surface area contributed by atoms with E-state index in [1.807, 2.05) is 0 Å². The van der Waals surface area contributed by atoms with Gasteiger partial charge in [0.15, 0.2) is 0 Å². The molecule has 0 aliphatic heterocycles. The van der Waals surface area contributed by atoms with Crippen LogP contribution in [0.2, 0.25) is 0 Å². The number of hydrogen-bond donors (Lipinski definition) is 3. The van der Waals surface area contributed by atoms with Gasteiger partial charge in [-0.1, -0.05) is 27.7 Å². The summed E-state index contributed by atoms with van der Waals surface area (Å²) in [6.07, 6.45) is -22.6. The summed E-state index contributed by atoms with van der Waals surface area (Å²) < 4.78 is 165. The van der Waals surface area contributed by atoms with Crippen molar-refractivity contribution in [2.45, 2.75) is 82.9 Å². The Balaban J connectivity index is 3.13. The molecule has 0 unspecified atom stereocenters. The lowest BCUT2D eigenvalue weighted by atomic mass is 9.75. The van der Waals surface area contributed by atoms with E-state index in [9.17, 15) is 62.6 Å². The second-order valence-corrected chi connectivity index (χ2v) is 11.3. The number of benzene rings is 2. The molecule has 4 nitrogen and oxygen atoms in total. The number of rotatable bonds is 9. The second kappa shape index (κ2) is 12.8. The SMILES string of the molecule is CC(C)C[C@H](NC(=O)[C@@H](N)CC(C)C)C(O)(c1cc(C(F)(F)F)cc(C(F)(F)F)c1)c1cc(C(F)(F)F)cc(C(F)(F)F)c1. The molecular weight excluding hydrogens is 624 g/mol. The van der Waals surface area contributed by atoms with Crippen LogP contribution in [-0.4, -0.2) is 23.1 Å². The van der Waals surface area contributed by atoms with Gasteiger partial charge in [0.05, 0.1) is 34.3 Å². The fraction of sp³-hybridized carbons (Fsp3) is 0.536. The average molecular weight is 655 g/mol. The van der Waals surface area contributed by atoms with Crippen LogP contribution in [0.4, 0.5) is 52.7 Å². The van der Waals surface area contributed by atoms with E-state index in [0.29, 0.717) is 0 Å². The number of amides is 1. The number of nitrogens with two attached hydrogens (primary N) is 1. The number of alkyl halides is 12. The monoisotopic (exact) mass is 654 g/mol. The molecule has 2 aromatic carbocycles. The van der Waals surface area contributed by atoms with Gasteiger partial charge >= 0.3 is 24.7 Å². The number of halogens is 12. The van der Waals surface area contributed by atoms with Crippen molar-refractivity contribution in [2.75, 3.05) is 0 Å². The lowest BCUT2D eigenvalue weighted by molar-refractivity contribution is -0.144. The molecule has 248 valence electrons. The van der Waals surface area contributed by atoms with Crippen LogP contribution in [0.15, 0.2) is 36.4 Å². The molecule has 2 atom stereocenters. The van der Waals surface area contributed by atoms with Crippen molar-refractivity contribution in [3.8, 4) is 0 Å². The quantitative estimate of drug-likeness (QED) is 0.241. The molecule has 0 spiro atoms. The van der Waals surface area contributed by atoms with Crippen molar-refractivity contribution in [1.82, 2.24) is 5.32 Å². The first-order chi connectivity index (χ1) is 19.7. The van der Waals surface area contributed by atoms with Crippen LogP contribution in [0.3, 0.4) is 0 Å². The summed E-state index contributed by atoms with van der Waals surface area (Å²) in [7, 11) is 0. The summed E-state index contributed by atoms with van der Waals surface area (Å²) >= 11 is 0. The van der Waals surface area contributed by atoms with Gasteiger partial charge in [0.1, 0.15) is 5.60 Å². The van der Waals surface area contributed by atoms with Crippen molar-refractivity contribution in [3.05, 3.63) is 69.8 Å². The minimum atomic E-state index is -5.50. The molecule has 0 radical (unpaired) electrons. The summed E-state index contributed by atoms with van der Waals surface area (Å²) in [5.41, 5.74) is -8.41. The summed E-state index contributed by atoms with van der Waals surface area (Å²) in [5.74, 6) is -1.99. The van der Waals surface area contributed by atoms with Gasteiger partial charge < -0.3 is 16.2 Å². The zero-order valence-corrected chi connectivity index (χ0v) is 23.7. The fourth-order valence-electron chi connectivity index (χ4n) is 4.62. The first-order valence-corrected chi connectivity index (χ1v) is 13.1. The van der Waals surface area contributed by atoms with Crippen molar-refractivity contribution >= 4 is 5.91 Å². The fourth-order valence-corrected chi connectivity index (χ4v) is 4.62. The zero-order valence-electron chi connectivity index (χ0n) is 23.7. The van der Waals surface area contributed by atoms with E-state index in [1.54, 1.807) is 13.8 Å². The highest BCUT2D eigenvalue weighted by Crippen LogP contribution is 2.45. The van der Waals surface area contributed by atoms with Gasteiger partial charge in [-0.2, -0.15) is 52.7 Å². The summed E-state index contributed by atoms with van der Waals surface area (Å²) in [4.78, 5) is 13.0. The van der Waals surface area contributed by atoms with E-state index >= 15 is 0 Å². The molecule has 2 aromatic rings. The Bertz CT molecular complexity index is 1170. The molecule has 0 bridgehead atoms.